The highest BCUT2D eigenvalue weighted by atomic mass is 32.2. The molecule has 2 atom stereocenters. The van der Waals surface area contributed by atoms with Crippen LogP contribution in [0, 0.1) is 0 Å². The summed E-state index contributed by atoms with van der Waals surface area (Å²) in [5, 5.41) is 7.70. The summed E-state index contributed by atoms with van der Waals surface area (Å²) in [5.41, 5.74) is 5.27. The fourth-order valence-corrected chi connectivity index (χ4v) is 4.06. The topological polar surface area (TPSA) is 118 Å². The highest BCUT2D eigenvalue weighted by Crippen LogP contribution is 2.35. The Morgan fingerprint density at radius 1 is 1.56 bits per heavy atom. The Morgan fingerprint density at radius 3 is 2.62 bits per heavy atom. The van der Waals surface area contributed by atoms with Crippen LogP contribution in [-0.4, -0.2) is 47.5 Å². The standard InChI is InChI=1S/C8H10N2O5S/c1-3-2-16(14,15)7-4(9)6(11)10(7)5(3)8(12)13/h4,7H,2,9H2,1H3,(H,12,13)/t4-,7-/m1/s1. The molecule has 2 rings (SSSR count). The second-order valence-corrected chi connectivity index (χ2v) is 5.96. The van der Waals surface area contributed by atoms with Gasteiger partial charge in [0.15, 0.2) is 15.2 Å². The molecule has 1 saturated heterocycles. The minimum absolute atomic E-state index is 0.156. The number of nitrogens with two attached hydrogens (primary N) is 1. The van der Waals surface area contributed by atoms with Gasteiger partial charge in [0.25, 0.3) is 0 Å². The molecule has 1 fully saturated rings. The molecule has 0 radical (unpaired) electrons. The van der Waals surface area contributed by atoms with Gasteiger partial charge in [0, 0.05) is 0 Å². The van der Waals surface area contributed by atoms with E-state index in [0.29, 0.717) is 0 Å². The summed E-state index contributed by atoms with van der Waals surface area (Å²) in [7, 11) is -3.56. The molecule has 7 nitrogen and oxygen atoms in total. The molecule has 0 unspecified atom stereocenters. The maximum atomic E-state index is 11.7. The van der Waals surface area contributed by atoms with E-state index < -0.39 is 33.1 Å². The van der Waals surface area contributed by atoms with Gasteiger partial charge in [-0.25, -0.2) is 13.2 Å². The summed E-state index contributed by atoms with van der Waals surface area (Å²) in [6.07, 6.45) is 0. The average Bonchev–Trinajstić information content (AvgIpc) is 2.13. The fourth-order valence-electron chi connectivity index (χ4n) is 2.05. The molecule has 16 heavy (non-hydrogen) atoms. The van der Waals surface area contributed by atoms with E-state index in [1.807, 2.05) is 0 Å². The van der Waals surface area contributed by atoms with E-state index in [4.69, 9.17) is 10.8 Å². The van der Waals surface area contributed by atoms with Crippen LogP contribution in [0.4, 0.5) is 0 Å². The third-order valence-corrected chi connectivity index (χ3v) is 4.79. The van der Waals surface area contributed by atoms with Crippen molar-refractivity contribution >= 4 is 21.7 Å². The number of sulfone groups is 1. The van der Waals surface area contributed by atoms with Crippen LogP contribution in [0.5, 0.6) is 0 Å². The van der Waals surface area contributed by atoms with Gasteiger partial charge in [-0.3, -0.25) is 9.69 Å². The summed E-state index contributed by atoms with van der Waals surface area (Å²) < 4.78 is 23.4. The van der Waals surface area contributed by atoms with Crippen molar-refractivity contribution in [3.63, 3.8) is 0 Å². The van der Waals surface area contributed by atoms with E-state index in [9.17, 15) is 18.0 Å². The minimum Gasteiger partial charge on any atom is -0.477 e. The fraction of sp³-hybridized carbons (Fsp3) is 0.500. The van der Waals surface area contributed by atoms with Crippen molar-refractivity contribution in [2.45, 2.75) is 18.3 Å². The lowest BCUT2D eigenvalue weighted by Crippen LogP contribution is -2.73. The zero-order valence-electron chi connectivity index (χ0n) is 8.37. The highest BCUT2D eigenvalue weighted by molar-refractivity contribution is 7.92. The molecule has 2 aliphatic heterocycles. The molecule has 1 amide bonds. The third kappa shape index (κ3) is 1.20. The molecule has 3 N–H and O–H groups in total. The number of carbonyl (C=O) groups is 2. The number of fused-ring (bicyclic) bond motifs is 1. The Kier molecular flexibility index (Phi) is 2.11. The minimum atomic E-state index is -3.56. The number of β-lactam (4-membered cyclic amide) rings is 1. The van der Waals surface area contributed by atoms with E-state index in [2.05, 4.69) is 0 Å². The number of carboxylic acid groups (broad SMARTS) is 1. The maximum Gasteiger partial charge on any atom is 0.352 e. The smallest absolute Gasteiger partial charge is 0.352 e. The van der Waals surface area contributed by atoms with E-state index in [1.165, 1.54) is 6.92 Å². The lowest BCUT2D eigenvalue weighted by Gasteiger charge is -2.47. The number of aliphatic carboxylic acids is 1. The second-order valence-electron chi connectivity index (χ2n) is 3.87. The lowest BCUT2D eigenvalue weighted by atomic mass is 10.0. The molecule has 0 spiro atoms. The number of nitrogens with zero attached hydrogens (tertiary/aromatic N) is 1. The average molecular weight is 246 g/mol. The summed E-state index contributed by atoms with van der Waals surface area (Å²) in [6.45, 7) is 1.38. The number of amides is 1. The van der Waals surface area contributed by atoms with Gasteiger partial charge in [0.2, 0.25) is 5.91 Å². The van der Waals surface area contributed by atoms with Crippen molar-refractivity contribution < 1.29 is 23.1 Å². The van der Waals surface area contributed by atoms with Gasteiger partial charge in [0.05, 0.1) is 5.75 Å². The zero-order valence-corrected chi connectivity index (χ0v) is 9.19. The largest absolute Gasteiger partial charge is 0.477 e. The van der Waals surface area contributed by atoms with Gasteiger partial charge < -0.3 is 10.8 Å². The molecule has 0 saturated carbocycles. The lowest BCUT2D eigenvalue weighted by molar-refractivity contribution is -0.148. The predicted octanol–water partition coefficient (Wildman–Crippen LogP) is -1.73. The number of rotatable bonds is 1. The Morgan fingerprint density at radius 2 is 2.12 bits per heavy atom. The summed E-state index contributed by atoms with van der Waals surface area (Å²) in [6, 6.07) is -1.15. The van der Waals surface area contributed by atoms with Crippen LogP contribution in [0.1, 0.15) is 6.92 Å². The van der Waals surface area contributed by atoms with Crippen molar-refractivity contribution in [3.8, 4) is 0 Å². The normalized spacial score (nSPS) is 32.1. The number of carboxylic acids is 1. The first-order valence-corrected chi connectivity index (χ1v) is 6.22. The Labute approximate surface area is 91.4 Å². The van der Waals surface area contributed by atoms with Crippen LogP contribution in [0.25, 0.3) is 0 Å². The van der Waals surface area contributed by atoms with Crippen LogP contribution in [0.3, 0.4) is 0 Å². The maximum absolute atomic E-state index is 11.7. The molecule has 8 heteroatoms. The predicted molar refractivity (Wildman–Crippen MR) is 52.7 cm³/mol. The van der Waals surface area contributed by atoms with Crippen LogP contribution in [-0.2, 0) is 19.4 Å². The molecule has 0 aromatic rings. The quantitative estimate of drug-likeness (QED) is 0.531. The molecule has 0 aromatic carbocycles. The second kappa shape index (κ2) is 3.05. The molecule has 0 aliphatic carbocycles. The van der Waals surface area contributed by atoms with Crippen molar-refractivity contribution in [1.29, 1.82) is 0 Å². The van der Waals surface area contributed by atoms with Gasteiger partial charge in [-0.2, -0.15) is 0 Å². The van der Waals surface area contributed by atoms with Gasteiger partial charge in [-0.05, 0) is 12.5 Å². The van der Waals surface area contributed by atoms with Crippen molar-refractivity contribution in [1.82, 2.24) is 4.90 Å². The van der Waals surface area contributed by atoms with Gasteiger partial charge in [-0.1, -0.05) is 0 Å². The Hall–Kier alpha value is -1.41. The number of carbonyl (C=O) groups excluding carboxylic acids is 1. The zero-order chi connectivity index (χ0) is 12.2. The van der Waals surface area contributed by atoms with Crippen LogP contribution < -0.4 is 5.73 Å². The number of hydrogen-bond donors (Lipinski definition) is 2. The highest BCUT2D eigenvalue weighted by Gasteiger charge is 2.57. The first kappa shape index (κ1) is 11.1. The third-order valence-electron chi connectivity index (χ3n) is 2.72. The SMILES string of the molecule is CC1=C(C(=O)O)N2C(=O)[C@@H](N)[C@H]2S(=O)(=O)C1. The van der Waals surface area contributed by atoms with Gasteiger partial charge >= 0.3 is 5.97 Å². The Balaban J connectivity index is 2.58. The van der Waals surface area contributed by atoms with Crippen molar-refractivity contribution in [2.24, 2.45) is 5.73 Å². The van der Waals surface area contributed by atoms with E-state index in [1.54, 1.807) is 0 Å². The van der Waals surface area contributed by atoms with E-state index in [-0.39, 0.29) is 17.0 Å². The van der Waals surface area contributed by atoms with Crippen molar-refractivity contribution in [3.05, 3.63) is 11.3 Å². The van der Waals surface area contributed by atoms with E-state index >= 15 is 0 Å². The molecule has 2 heterocycles. The van der Waals surface area contributed by atoms with Gasteiger partial charge in [0.1, 0.15) is 11.7 Å². The van der Waals surface area contributed by atoms with Crippen LogP contribution >= 0.6 is 0 Å². The Bertz CT molecular complexity index is 521. The summed E-state index contributed by atoms with van der Waals surface area (Å²) >= 11 is 0. The van der Waals surface area contributed by atoms with Crippen molar-refractivity contribution in [2.75, 3.05) is 5.75 Å². The van der Waals surface area contributed by atoms with Gasteiger partial charge in [-0.15, -0.1) is 0 Å². The first-order valence-electron chi connectivity index (χ1n) is 4.50. The first-order chi connectivity index (χ1) is 7.27. The van der Waals surface area contributed by atoms with E-state index in [0.717, 1.165) is 4.90 Å². The van der Waals surface area contributed by atoms with Crippen LogP contribution in [0.15, 0.2) is 11.3 Å². The molecule has 0 bridgehead atoms. The summed E-state index contributed by atoms with van der Waals surface area (Å²) in [4.78, 5) is 23.1. The summed E-state index contributed by atoms with van der Waals surface area (Å²) in [5.74, 6) is -2.33. The molecule has 0 aromatic heterocycles. The molecular weight excluding hydrogens is 236 g/mol. The molecular formula is C8H10N2O5S. The molecule has 2 aliphatic rings. The number of hydrogen-bond acceptors (Lipinski definition) is 5. The molecule has 88 valence electrons. The monoisotopic (exact) mass is 246 g/mol. The van der Waals surface area contributed by atoms with Crippen LogP contribution in [0.2, 0.25) is 0 Å².